The summed E-state index contributed by atoms with van der Waals surface area (Å²) in [6, 6.07) is 8.14. The van der Waals surface area contributed by atoms with Gasteiger partial charge in [0.15, 0.2) is 0 Å². The van der Waals surface area contributed by atoms with E-state index in [1.54, 1.807) is 19.1 Å². The predicted molar refractivity (Wildman–Crippen MR) is 69.9 cm³/mol. The monoisotopic (exact) mass is 262 g/mol. The summed E-state index contributed by atoms with van der Waals surface area (Å²) in [5.74, 6) is -1.81. The van der Waals surface area contributed by atoms with Gasteiger partial charge in [0.05, 0.1) is 5.56 Å². The molecule has 0 aliphatic heterocycles. The van der Waals surface area contributed by atoms with Crippen molar-refractivity contribution in [3.8, 4) is 0 Å². The Morgan fingerprint density at radius 3 is 2.63 bits per heavy atom. The van der Waals surface area contributed by atoms with Gasteiger partial charge in [0.1, 0.15) is 11.6 Å². The second-order valence-corrected chi connectivity index (χ2v) is 4.16. The van der Waals surface area contributed by atoms with Crippen molar-refractivity contribution in [3.63, 3.8) is 0 Å². The van der Waals surface area contributed by atoms with Gasteiger partial charge in [-0.2, -0.15) is 0 Å². The second-order valence-electron chi connectivity index (χ2n) is 4.16. The van der Waals surface area contributed by atoms with Crippen molar-refractivity contribution in [2.45, 2.75) is 6.92 Å². The van der Waals surface area contributed by atoms with E-state index in [1.165, 1.54) is 12.1 Å². The van der Waals surface area contributed by atoms with Crippen LogP contribution in [0.4, 0.5) is 20.2 Å². The van der Waals surface area contributed by atoms with E-state index in [-0.39, 0.29) is 16.9 Å². The Kier molecular flexibility index (Phi) is 3.46. The van der Waals surface area contributed by atoms with E-state index in [1.807, 2.05) is 0 Å². The van der Waals surface area contributed by atoms with Crippen LogP contribution in [0, 0.1) is 18.6 Å². The lowest BCUT2D eigenvalue weighted by Crippen LogP contribution is -2.14. The zero-order chi connectivity index (χ0) is 14.0. The molecule has 0 unspecified atom stereocenters. The number of amides is 1. The minimum atomic E-state index is -0.647. The fraction of sp³-hybridized carbons (Fsp3) is 0.0714. The third-order valence-electron chi connectivity index (χ3n) is 2.61. The molecule has 0 aliphatic rings. The number of hydrogen-bond acceptors (Lipinski definition) is 2. The maximum absolute atomic E-state index is 13.8. The lowest BCUT2D eigenvalue weighted by Gasteiger charge is -2.08. The van der Waals surface area contributed by atoms with E-state index < -0.39 is 17.5 Å². The summed E-state index contributed by atoms with van der Waals surface area (Å²) >= 11 is 0. The molecule has 0 heterocycles. The van der Waals surface area contributed by atoms with Crippen LogP contribution in [0.1, 0.15) is 15.9 Å². The van der Waals surface area contributed by atoms with Crippen molar-refractivity contribution in [1.29, 1.82) is 0 Å². The second kappa shape index (κ2) is 5.06. The third kappa shape index (κ3) is 2.88. The smallest absolute Gasteiger partial charge is 0.258 e. The number of nitrogens with one attached hydrogen (secondary N) is 1. The van der Waals surface area contributed by atoms with E-state index >= 15 is 0 Å². The number of benzene rings is 2. The minimum absolute atomic E-state index is 0.0946. The average molecular weight is 262 g/mol. The van der Waals surface area contributed by atoms with Crippen LogP contribution >= 0.6 is 0 Å². The van der Waals surface area contributed by atoms with Gasteiger partial charge in [-0.25, -0.2) is 8.78 Å². The molecule has 0 radical (unpaired) electrons. The molecule has 98 valence electrons. The van der Waals surface area contributed by atoms with Crippen molar-refractivity contribution in [3.05, 3.63) is 59.2 Å². The van der Waals surface area contributed by atoms with E-state index in [4.69, 9.17) is 5.73 Å². The summed E-state index contributed by atoms with van der Waals surface area (Å²) in [6.45, 7) is 1.56. The van der Waals surface area contributed by atoms with Gasteiger partial charge >= 0.3 is 0 Å². The number of carbonyl (C=O) groups is 1. The van der Waals surface area contributed by atoms with Crippen LogP contribution in [0.3, 0.4) is 0 Å². The Morgan fingerprint density at radius 1 is 1.21 bits per heavy atom. The Hall–Kier alpha value is -2.43. The number of aryl methyl sites for hydroxylation is 1. The molecule has 2 aromatic carbocycles. The minimum Gasteiger partial charge on any atom is -0.399 e. The van der Waals surface area contributed by atoms with E-state index in [0.717, 1.165) is 12.1 Å². The van der Waals surface area contributed by atoms with Crippen LogP contribution in [0.25, 0.3) is 0 Å². The summed E-state index contributed by atoms with van der Waals surface area (Å²) in [5, 5.41) is 2.41. The number of anilines is 2. The lowest BCUT2D eigenvalue weighted by atomic mass is 10.1. The summed E-state index contributed by atoms with van der Waals surface area (Å²) in [5.41, 5.74) is 6.10. The van der Waals surface area contributed by atoms with Crippen LogP contribution in [0.15, 0.2) is 36.4 Å². The van der Waals surface area contributed by atoms with Crippen molar-refractivity contribution < 1.29 is 13.6 Å². The largest absolute Gasteiger partial charge is 0.399 e. The first-order valence-electron chi connectivity index (χ1n) is 5.60. The van der Waals surface area contributed by atoms with Crippen molar-refractivity contribution in [1.82, 2.24) is 0 Å². The standard InChI is InChI=1S/C14H12F2N2O/c1-8-3-2-4-12(13(8)16)14(19)18-11-6-9(15)5-10(17)7-11/h2-7H,17H2,1H3,(H,18,19). The highest BCUT2D eigenvalue weighted by Gasteiger charge is 2.13. The molecular formula is C14H12F2N2O. The molecule has 3 N–H and O–H groups in total. The molecule has 1 amide bonds. The molecule has 19 heavy (non-hydrogen) atoms. The third-order valence-corrected chi connectivity index (χ3v) is 2.61. The fourth-order valence-corrected chi connectivity index (χ4v) is 1.71. The van der Waals surface area contributed by atoms with Gasteiger partial charge in [-0.1, -0.05) is 12.1 Å². The summed E-state index contributed by atoms with van der Waals surface area (Å²) < 4.78 is 26.9. The first kappa shape index (κ1) is 13.0. The van der Waals surface area contributed by atoms with Gasteiger partial charge < -0.3 is 11.1 Å². The summed E-state index contributed by atoms with van der Waals surface area (Å²) in [4.78, 5) is 11.9. The van der Waals surface area contributed by atoms with Gasteiger partial charge in [-0.15, -0.1) is 0 Å². The van der Waals surface area contributed by atoms with Crippen LogP contribution in [-0.2, 0) is 0 Å². The normalized spacial score (nSPS) is 10.3. The summed E-state index contributed by atoms with van der Waals surface area (Å²) in [6.07, 6.45) is 0. The number of halogens is 2. The van der Waals surface area contributed by atoms with E-state index in [2.05, 4.69) is 5.32 Å². The Balaban J connectivity index is 2.28. The Bertz CT molecular complexity index is 621. The molecule has 0 aromatic heterocycles. The molecule has 0 saturated heterocycles. The SMILES string of the molecule is Cc1cccc(C(=O)Nc2cc(N)cc(F)c2)c1F. The highest BCUT2D eigenvalue weighted by atomic mass is 19.1. The Labute approximate surface area is 109 Å². The molecule has 0 saturated carbocycles. The molecule has 0 spiro atoms. The highest BCUT2D eigenvalue weighted by molar-refractivity contribution is 6.04. The van der Waals surface area contributed by atoms with Crippen LogP contribution in [0.2, 0.25) is 0 Å². The maximum Gasteiger partial charge on any atom is 0.258 e. The molecule has 0 atom stereocenters. The fourth-order valence-electron chi connectivity index (χ4n) is 1.71. The van der Waals surface area contributed by atoms with E-state index in [9.17, 15) is 13.6 Å². The topological polar surface area (TPSA) is 55.1 Å². The average Bonchev–Trinajstić information content (AvgIpc) is 2.31. The lowest BCUT2D eigenvalue weighted by molar-refractivity contribution is 0.102. The number of hydrogen-bond donors (Lipinski definition) is 2. The first-order chi connectivity index (χ1) is 8.97. The van der Waals surface area contributed by atoms with Gasteiger partial charge in [-0.3, -0.25) is 4.79 Å². The van der Waals surface area contributed by atoms with Crippen LogP contribution in [0.5, 0.6) is 0 Å². The Morgan fingerprint density at radius 2 is 1.95 bits per heavy atom. The number of nitrogen functional groups attached to an aromatic ring is 1. The van der Waals surface area contributed by atoms with Gasteiger partial charge in [0.25, 0.3) is 5.91 Å². The molecule has 3 nitrogen and oxygen atoms in total. The molecule has 2 aromatic rings. The maximum atomic E-state index is 13.8. The first-order valence-corrected chi connectivity index (χ1v) is 5.60. The van der Waals surface area contributed by atoms with Crippen molar-refractivity contribution in [2.75, 3.05) is 11.1 Å². The van der Waals surface area contributed by atoms with Crippen molar-refractivity contribution >= 4 is 17.3 Å². The number of nitrogens with two attached hydrogens (primary N) is 1. The van der Waals surface area contributed by atoms with Crippen molar-refractivity contribution in [2.24, 2.45) is 0 Å². The van der Waals surface area contributed by atoms with E-state index in [0.29, 0.717) is 5.56 Å². The zero-order valence-electron chi connectivity index (χ0n) is 10.2. The molecule has 5 heteroatoms. The van der Waals surface area contributed by atoms with Crippen LogP contribution < -0.4 is 11.1 Å². The molecule has 0 fully saturated rings. The summed E-state index contributed by atoms with van der Waals surface area (Å²) in [7, 11) is 0. The molecule has 0 aliphatic carbocycles. The highest BCUT2D eigenvalue weighted by Crippen LogP contribution is 2.18. The van der Waals surface area contributed by atoms with Crippen LogP contribution in [-0.4, -0.2) is 5.91 Å². The van der Waals surface area contributed by atoms with Gasteiger partial charge in [0.2, 0.25) is 0 Å². The number of rotatable bonds is 2. The molecular weight excluding hydrogens is 250 g/mol. The predicted octanol–water partition coefficient (Wildman–Crippen LogP) is 3.11. The molecule has 0 bridgehead atoms. The zero-order valence-corrected chi connectivity index (χ0v) is 10.2. The molecule has 2 rings (SSSR count). The number of carbonyl (C=O) groups excluding carboxylic acids is 1. The quantitative estimate of drug-likeness (QED) is 0.817. The van der Waals surface area contributed by atoms with Gasteiger partial charge in [0, 0.05) is 11.4 Å². The van der Waals surface area contributed by atoms with Gasteiger partial charge in [-0.05, 0) is 36.8 Å².